The molecule has 8 heteroatoms. The molecule has 112 valence electrons. The predicted molar refractivity (Wildman–Crippen MR) is 78.4 cm³/mol. The first-order valence-electron chi connectivity index (χ1n) is 5.97. The lowest BCUT2D eigenvalue weighted by Crippen LogP contribution is -2.20. The normalized spacial score (nSPS) is 10.7. The average molecular weight is 310 g/mol. The number of benzene rings is 1. The number of aromatic nitrogens is 2. The summed E-state index contributed by atoms with van der Waals surface area (Å²) in [5.74, 6) is 0.109. The molecule has 0 unspecified atom stereocenters. The quantitative estimate of drug-likeness (QED) is 0.668. The maximum atomic E-state index is 12.3. The molecule has 7 nitrogen and oxygen atoms in total. The van der Waals surface area contributed by atoms with E-state index in [4.69, 9.17) is 14.6 Å². The number of hydrogen-bond acceptors (Lipinski definition) is 7. The summed E-state index contributed by atoms with van der Waals surface area (Å²) in [6.45, 7) is 1.33. The number of ether oxygens (including phenoxy) is 2. The van der Waals surface area contributed by atoms with Crippen LogP contribution < -0.4 is 14.9 Å². The van der Waals surface area contributed by atoms with E-state index < -0.39 is 0 Å². The Hall–Kier alpha value is -2.06. The van der Waals surface area contributed by atoms with E-state index in [-0.39, 0.29) is 27.7 Å². The fourth-order valence-corrected chi connectivity index (χ4v) is 2.43. The first-order valence-corrected chi connectivity index (χ1v) is 6.95. The monoisotopic (exact) mass is 310 g/mol. The van der Waals surface area contributed by atoms with Crippen molar-refractivity contribution in [2.45, 2.75) is 11.9 Å². The number of nitrogens with zero attached hydrogens (tertiary/aromatic N) is 2. The second-order valence-corrected chi connectivity index (χ2v) is 5.00. The van der Waals surface area contributed by atoms with Gasteiger partial charge in [-0.1, -0.05) is 11.8 Å². The Morgan fingerprint density at radius 2 is 1.95 bits per heavy atom. The highest BCUT2D eigenvalue weighted by molar-refractivity contribution is 7.99. The number of rotatable bonds is 4. The SMILES string of the molecule is COc1cc2c(=O)c(SCO)nn(C(C)=O)c2cc1OC. The van der Waals surface area contributed by atoms with Crippen LogP contribution in [0.1, 0.15) is 11.7 Å². The van der Waals surface area contributed by atoms with Gasteiger partial charge in [0.2, 0.25) is 11.3 Å². The third kappa shape index (κ3) is 2.72. The third-order valence-corrected chi connectivity index (χ3v) is 3.53. The molecule has 0 fully saturated rings. The first kappa shape index (κ1) is 15.3. The molecule has 2 aromatic rings. The molecule has 0 saturated carbocycles. The molecule has 0 amide bonds. The van der Waals surface area contributed by atoms with Crippen molar-refractivity contribution in [2.24, 2.45) is 0 Å². The second-order valence-electron chi connectivity index (χ2n) is 4.06. The van der Waals surface area contributed by atoms with E-state index in [1.54, 1.807) is 0 Å². The van der Waals surface area contributed by atoms with Crippen molar-refractivity contribution in [2.75, 3.05) is 20.2 Å². The van der Waals surface area contributed by atoms with Crippen molar-refractivity contribution in [3.63, 3.8) is 0 Å². The number of carbonyl (C=O) groups is 1. The first-order chi connectivity index (χ1) is 10.0. The van der Waals surface area contributed by atoms with Crippen LogP contribution in [0, 0.1) is 0 Å². The van der Waals surface area contributed by atoms with E-state index in [2.05, 4.69) is 5.10 Å². The van der Waals surface area contributed by atoms with Gasteiger partial charge in [0, 0.05) is 13.0 Å². The largest absolute Gasteiger partial charge is 0.493 e. The second kappa shape index (κ2) is 6.15. The zero-order valence-electron chi connectivity index (χ0n) is 11.7. The molecule has 1 aromatic heterocycles. The van der Waals surface area contributed by atoms with Crippen LogP contribution in [0.3, 0.4) is 0 Å². The fraction of sp³-hybridized carbons (Fsp3) is 0.308. The van der Waals surface area contributed by atoms with E-state index in [1.807, 2.05) is 0 Å². The van der Waals surface area contributed by atoms with Gasteiger partial charge in [0.1, 0.15) is 0 Å². The Morgan fingerprint density at radius 3 is 2.48 bits per heavy atom. The molecule has 0 radical (unpaired) electrons. The van der Waals surface area contributed by atoms with Gasteiger partial charge in [-0.2, -0.15) is 9.78 Å². The zero-order valence-corrected chi connectivity index (χ0v) is 12.6. The maximum absolute atomic E-state index is 12.3. The van der Waals surface area contributed by atoms with Gasteiger partial charge < -0.3 is 14.6 Å². The van der Waals surface area contributed by atoms with Crippen molar-refractivity contribution in [3.8, 4) is 11.5 Å². The summed E-state index contributed by atoms with van der Waals surface area (Å²) in [6, 6.07) is 3.02. The molecule has 0 saturated heterocycles. The Balaban J connectivity index is 2.90. The van der Waals surface area contributed by atoms with Crippen molar-refractivity contribution in [3.05, 3.63) is 22.4 Å². The summed E-state index contributed by atoms with van der Waals surface area (Å²) in [5.41, 5.74) is -0.0463. The molecule has 21 heavy (non-hydrogen) atoms. The molecule has 0 spiro atoms. The van der Waals surface area contributed by atoms with Gasteiger partial charge in [-0.25, -0.2) is 0 Å². The van der Waals surface area contributed by atoms with Crippen molar-refractivity contribution < 1.29 is 19.4 Å². The lowest BCUT2D eigenvalue weighted by atomic mass is 10.2. The molecule has 2 rings (SSSR count). The molecular weight excluding hydrogens is 296 g/mol. The highest BCUT2D eigenvalue weighted by Crippen LogP contribution is 2.31. The topological polar surface area (TPSA) is 90.6 Å². The lowest BCUT2D eigenvalue weighted by molar-refractivity contribution is 0.0923. The maximum Gasteiger partial charge on any atom is 0.244 e. The van der Waals surface area contributed by atoms with Gasteiger partial charge in [-0.15, -0.1) is 0 Å². The van der Waals surface area contributed by atoms with Crippen LogP contribution in [0.2, 0.25) is 0 Å². The van der Waals surface area contributed by atoms with Crippen molar-refractivity contribution in [1.29, 1.82) is 0 Å². The van der Waals surface area contributed by atoms with Crippen LogP contribution in [0.25, 0.3) is 10.9 Å². The summed E-state index contributed by atoms with van der Waals surface area (Å²) in [7, 11) is 2.92. The van der Waals surface area contributed by atoms with Crippen LogP contribution in [0.15, 0.2) is 22.0 Å². The Labute approximate surface area is 124 Å². The van der Waals surface area contributed by atoms with E-state index in [0.717, 1.165) is 16.4 Å². The van der Waals surface area contributed by atoms with E-state index in [1.165, 1.54) is 33.3 Å². The Morgan fingerprint density at radius 1 is 1.33 bits per heavy atom. The van der Waals surface area contributed by atoms with Crippen LogP contribution in [0.5, 0.6) is 11.5 Å². The molecule has 0 bridgehead atoms. The summed E-state index contributed by atoms with van der Waals surface area (Å²) in [4.78, 5) is 24.1. The summed E-state index contributed by atoms with van der Waals surface area (Å²) in [6.07, 6.45) is 0. The molecule has 1 aromatic carbocycles. The molecule has 0 atom stereocenters. The number of hydrogen-bond donors (Lipinski definition) is 1. The van der Waals surface area contributed by atoms with Gasteiger partial charge in [0.15, 0.2) is 16.5 Å². The van der Waals surface area contributed by atoms with E-state index in [9.17, 15) is 9.59 Å². The van der Waals surface area contributed by atoms with Gasteiger partial charge in [-0.05, 0) is 6.07 Å². The van der Waals surface area contributed by atoms with Gasteiger partial charge >= 0.3 is 0 Å². The molecule has 1 heterocycles. The van der Waals surface area contributed by atoms with Gasteiger partial charge in [0.05, 0.1) is 31.1 Å². The highest BCUT2D eigenvalue weighted by atomic mass is 32.2. The number of fused-ring (bicyclic) bond motifs is 1. The standard InChI is InChI=1S/C13H14N2O5S/c1-7(17)15-9-5-11(20-3)10(19-2)4-8(9)12(18)13(14-15)21-6-16/h4-5,16H,6H2,1-3H3. The fourth-order valence-electron chi connectivity index (χ4n) is 1.93. The third-order valence-electron chi connectivity index (χ3n) is 2.86. The summed E-state index contributed by atoms with van der Waals surface area (Å²) >= 11 is 0.859. The minimum absolute atomic E-state index is 0.0485. The van der Waals surface area contributed by atoms with E-state index >= 15 is 0 Å². The van der Waals surface area contributed by atoms with Crippen LogP contribution in [-0.2, 0) is 0 Å². The molecular formula is C13H14N2O5S. The lowest BCUT2D eigenvalue weighted by Gasteiger charge is -2.12. The number of aliphatic hydroxyl groups is 1. The van der Waals surface area contributed by atoms with E-state index in [0.29, 0.717) is 17.0 Å². The summed E-state index contributed by atoms with van der Waals surface area (Å²) in [5, 5.41) is 13.3. The molecule has 0 aliphatic carbocycles. The minimum Gasteiger partial charge on any atom is -0.493 e. The van der Waals surface area contributed by atoms with Crippen molar-refractivity contribution >= 4 is 28.6 Å². The number of carbonyl (C=O) groups excluding carboxylic acids is 1. The smallest absolute Gasteiger partial charge is 0.244 e. The molecule has 0 aliphatic rings. The van der Waals surface area contributed by atoms with Crippen LogP contribution >= 0.6 is 11.8 Å². The number of methoxy groups -OCH3 is 2. The minimum atomic E-state index is -0.373. The van der Waals surface area contributed by atoms with Crippen molar-refractivity contribution in [1.82, 2.24) is 9.78 Å². The predicted octanol–water partition coefficient (Wildman–Crippen LogP) is 1.12. The molecule has 1 N–H and O–H groups in total. The van der Waals surface area contributed by atoms with Crippen LogP contribution in [-0.4, -0.2) is 41.0 Å². The number of aliphatic hydroxyl groups excluding tert-OH is 1. The highest BCUT2D eigenvalue weighted by Gasteiger charge is 2.17. The zero-order chi connectivity index (χ0) is 15.6. The summed E-state index contributed by atoms with van der Waals surface area (Å²) < 4.78 is 11.4. The average Bonchev–Trinajstić information content (AvgIpc) is 2.48. The Bertz CT molecular complexity index is 756. The molecule has 0 aliphatic heterocycles. The van der Waals surface area contributed by atoms with Gasteiger partial charge in [0.25, 0.3) is 0 Å². The number of thioether (sulfide) groups is 1. The van der Waals surface area contributed by atoms with Crippen LogP contribution in [0.4, 0.5) is 0 Å². The Kier molecular flexibility index (Phi) is 4.49. The van der Waals surface area contributed by atoms with Gasteiger partial charge in [-0.3, -0.25) is 9.59 Å².